The van der Waals surface area contributed by atoms with Crippen molar-refractivity contribution in [1.82, 2.24) is 0 Å². The lowest BCUT2D eigenvalue weighted by atomic mass is 10.1. The number of carbonyl (C=O) groups excluding carboxylic acids is 1. The van der Waals surface area contributed by atoms with Gasteiger partial charge in [0.25, 0.3) is 10.0 Å². The number of nitrogens with zero attached hydrogens (tertiary/aromatic N) is 1. The highest BCUT2D eigenvalue weighted by Gasteiger charge is 2.25. The van der Waals surface area contributed by atoms with E-state index < -0.39 is 10.0 Å². The lowest BCUT2D eigenvalue weighted by Crippen LogP contribution is -2.23. The van der Waals surface area contributed by atoms with Crippen molar-refractivity contribution in [2.24, 2.45) is 0 Å². The van der Waals surface area contributed by atoms with Crippen LogP contribution in [0.1, 0.15) is 32.3 Å². The minimum atomic E-state index is -3.83. The van der Waals surface area contributed by atoms with Crippen molar-refractivity contribution in [1.29, 1.82) is 0 Å². The number of rotatable bonds is 6. The van der Waals surface area contributed by atoms with Gasteiger partial charge in [0.15, 0.2) is 0 Å². The summed E-state index contributed by atoms with van der Waals surface area (Å²) in [7, 11) is -3.83. The maximum atomic E-state index is 12.9. The Hall–Kier alpha value is -2.74. The molecule has 1 fully saturated rings. The van der Waals surface area contributed by atoms with E-state index in [9.17, 15) is 13.2 Å². The van der Waals surface area contributed by atoms with Crippen molar-refractivity contribution < 1.29 is 22.7 Å². The van der Waals surface area contributed by atoms with Crippen LogP contribution in [0.3, 0.4) is 0 Å². The summed E-state index contributed by atoms with van der Waals surface area (Å²) in [4.78, 5) is 13.7. The van der Waals surface area contributed by atoms with Crippen molar-refractivity contribution in [3.05, 3.63) is 42.0 Å². The summed E-state index contributed by atoms with van der Waals surface area (Å²) >= 11 is 0. The van der Waals surface area contributed by atoms with Crippen LogP contribution in [-0.4, -0.2) is 33.6 Å². The highest BCUT2D eigenvalue weighted by Crippen LogP contribution is 2.39. The fourth-order valence-electron chi connectivity index (χ4n) is 3.72. The van der Waals surface area contributed by atoms with Crippen LogP contribution in [-0.2, 0) is 21.2 Å². The van der Waals surface area contributed by atoms with E-state index in [1.165, 1.54) is 12.1 Å². The van der Waals surface area contributed by atoms with E-state index in [0.717, 1.165) is 18.4 Å². The summed E-state index contributed by atoms with van der Waals surface area (Å²) in [5.41, 5.74) is 2.06. The van der Waals surface area contributed by atoms with Crippen LogP contribution in [0.4, 0.5) is 11.4 Å². The second kappa shape index (κ2) is 7.59. The third kappa shape index (κ3) is 3.89. The van der Waals surface area contributed by atoms with E-state index in [0.29, 0.717) is 42.4 Å². The molecule has 1 saturated heterocycles. The molecule has 0 aromatic heterocycles. The normalized spacial score (nSPS) is 18.5. The molecule has 0 bridgehead atoms. The Morgan fingerprint density at radius 2 is 2.00 bits per heavy atom. The average Bonchev–Trinajstić information content (AvgIpc) is 3.26. The van der Waals surface area contributed by atoms with Crippen LogP contribution in [0.2, 0.25) is 0 Å². The molecular formula is C21H24N2O5S. The van der Waals surface area contributed by atoms with E-state index in [1.54, 1.807) is 23.1 Å². The molecule has 4 rings (SSSR count). The molecular weight excluding hydrogens is 392 g/mol. The number of amides is 1. The van der Waals surface area contributed by atoms with Crippen molar-refractivity contribution >= 4 is 27.3 Å². The fourth-order valence-corrected chi connectivity index (χ4v) is 4.79. The Balaban J connectivity index is 1.60. The monoisotopic (exact) mass is 416 g/mol. The van der Waals surface area contributed by atoms with Crippen LogP contribution < -0.4 is 19.1 Å². The average molecular weight is 416 g/mol. The number of benzene rings is 2. The summed E-state index contributed by atoms with van der Waals surface area (Å²) < 4.78 is 39.9. The topological polar surface area (TPSA) is 84.9 Å². The van der Waals surface area contributed by atoms with Crippen molar-refractivity contribution in [2.45, 2.75) is 44.1 Å². The van der Waals surface area contributed by atoms with Gasteiger partial charge in [-0.2, -0.15) is 0 Å². The molecule has 1 N–H and O–H groups in total. The van der Waals surface area contributed by atoms with Gasteiger partial charge < -0.3 is 14.4 Å². The number of hydrogen-bond donors (Lipinski definition) is 1. The number of carbonyl (C=O) groups is 1. The second-order valence-corrected chi connectivity index (χ2v) is 8.95. The second-order valence-electron chi connectivity index (χ2n) is 7.27. The largest absolute Gasteiger partial charge is 0.492 e. The Bertz CT molecular complexity index is 1030. The first-order valence-corrected chi connectivity index (χ1v) is 11.3. The summed E-state index contributed by atoms with van der Waals surface area (Å²) in [5, 5.41) is 0. The van der Waals surface area contributed by atoms with Crippen LogP contribution in [0, 0.1) is 0 Å². The van der Waals surface area contributed by atoms with Crippen LogP contribution in [0.5, 0.6) is 11.5 Å². The molecule has 1 atom stereocenters. The summed E-state index contributed by atoms with van der Waals surface area (Å²) in [6, 6.07) is 9.86. The molecule has 0 radical (unpaired) electrons. The lowest BCUT2D eigenvalue weighted by Gasteiger charge is -2.17. The molecule has 2 aliphatic rings. The van der Waals surface area contributed by atoms with E-state index in [-0.39, 0.29) is 16.9 Å². The Kier molecular flexibility index (Phi) is 5.12. The zero-order chi connectivity index (χ0) is 20.6. The number of sulfonamides is 1. The van der Waals surface area contributed by atoms with Gasteiger partial charge in [-0.05, 0) is 50.6 Å². The Morgan fingerprint density at radius 1 is 1.24 bits per heavy atom. The predicted octanol–water partition coefficient (Wildman–Crippen LogP) is 3.34. The zero-order valence-corrected chi connectivity index (χ0v) is 17.3. The first-order chi connectivity index (χ1) is 13.9. The van der Waals surface area contributed by atoms with Crippen LogP contribution in [0.25, 0.3) is 0 Å². The van der Waals surface area contributed by atoms with Gasteiger partial charge in [-0.3, -0.25) is 9.52 Å². The Morgan fingerprint density at radius 3 is 2.66 bits per heavy atom. The molecule has 7 nitrogen and oxygen atoms in total. The van der Waals surface area contributed by atoms with Crippen molar-refractivity contribution in [3.63, 3.8) is 0 Å². The highest BCUT2D eigenvalue weighted by molar-refractivity contribution is 7.92. The van der Waals surface area contributed by atoms with E-state index in [1.807, 2.05) is 19.9 Å². The smallest absolute Gasteiger partial charge is 0.262 e. The van der Waals surface area contributed by atoms with Crippen molar-refractivity contribution in [3.8, 4) is 11.5 Å². The van der Waals surface area contributed by atoms with Gasteiger partial charge in [-0.15, -0.1) is 0 Å². The minimum absolute atomic E-state index is 0.0483. The van der Waals surface area contributed by atoms with Gasteiger partial charge in [-0.25, -0.2) is 8.42 Å². The van der Waals surface area contributed by atoms with Crippen molar-refractivity contribution in [2.75, 3.05) is 22.8 Å². The molecule has 2 aromatic carbocycles. The lowest BCUT2D eigenvalue weighted by molar-refractivity contribution is -0.117. The third-order valence-electron chi connectivity index (χ3n) is 5.07. The maximum absolute atomic E-state index is 12.9. The van der Waals surface area contributed by atoms with Gasteiger partial charge in [0.05, 0.1) is 17.2 Å². The SMILES string of the molecule is CCOc1cc2c(cc1NS(=O)(=O)c1ccc(N3CCCC3=O)cc1)O[C@@H](C)C2. The number of nitrogens with one attached hydrogen (secondary N) is 1. The van der Waals surface area contributed by atoms with E-state index in [4.69, 9.17) is 9.47 Å². The molecule has 0 saturated carbocycles. The molecule has 2 aliphatic heterocycles. The molecule has 0 unspecified atom stereocenters. The number of fused-ring (bicyclic) bond motifs is 1. The highest BCUT2D eigenvalue weighted by atomic mass is 32.2. The van der Waals surface area contributed by atoms with Gasteiger partial charge >= 0.3 is 0 Å². The minimum Gasteiger partial charge on any atom is -0.492 e. The molecule has 0 aliphatic carbocycles. The maximum Gasteiger partial charge on any atom is 0.262 e. The predicted molar refractivity (Wildman–Crippen MR) is 110 cm³/mol. The Labute approximate surface area is 170 Å². The molecule has 29 heavy (non-hydrogen) atoms. The molecule has 0 spiro atoms. The quantitative estimate of drug-likeness (QED) is 0.781. The van der Waals surface area contributed by atoms with E-state index in [2.05, 4.69) is 4.72 Å². The number of hydrogen-bond acceptors (Lipinski definition) is 5. The van der Waals surface area contributed by atoms with Gasteiger partial charge in [0.1, 0.15) is 17.6 Å². The van der Waals surface area contributed by atoms with Crippen LogP contribution in [0.15, 0.2) is 41.3 Å². The summed E-state index contributed by atoms with van der Waals surface area (Å²) in [6.07, 6.45) is 2.16. The summed E-state index contributed by atoms with van der Waals surface area (Å²) in [5.74, 6) is 1.21. The molecule has 8 heteroatoms. The zero-order valence-electron chi connectivity index (χ0n) is 16.5. The first-order valence-electron chi connectivity index (χ1n) is 9.77. The molecule has 2 aromatic rings. The van der Waals surface area contributed by atoms with Crippen LogP contribution >= 0.6 is 0 Å². The molecule has 2 heterocycles. The molecule has 1 amide bonds. The van der Waals surface area contributed by atoms with E-state index >= 15 is 0 Å². The first kappa shape index (κ1) is 19.6. The standard InChI is InChI=1S/C21H24N2O5S/c1-3-27-20-12-15-11-14(2)28-19(15)13-18(20)22-29(25,26)17-8-6-16(7-9-17)23-10-4-5-21(23)24/h6-9,12-14,22H,3-5,10-11H2,1-2H3/t14-/m0/s1. The van der Waals surface area contributed by atoms with Gasteiger partial charge in [-0.1, -0.05) is 0 Å². The third-order valence-corrected chi connectivity index (χ3v) is 6.46. The molecule has 154 valence electrons. The summed E-state index contributed by atoms with van der Waals surface area (Å²) in [6.45, 7) is 4.90. The van der Waals surface area contributed by atoms with Gasteiger partial charge in [0, 0.05) is 36.7 Å². The number of ether oxygens (including phenoxy) is 2. The number of anilines is 2. The fraction of sp³-hybridized carbons (Fsp3) is 0.381. The van der Waals surface area contributed by atoms with Gasteiger partial charge in [0.2, 0.25) is 5.91 Å².